The molecule has 0 N–H and O–H groups in total. The molecule has 0 heterocycles. The lowest BCUT2D eigenvalue weighted by Gasteiger charge is -2.40. The molecule has 0 unspecified atom stereocenters. The average molecular weight is 385 g/mol. The van der Waals surface area contributed by atoms with Crippen molar-refractivity contribution in [1.29, 1.82) is 0 Å². The molecule has 0 spiro atoms. The fraction of sp³-hybridized carbons (Fsp3) is 1.00. The van der Waals surface area contributed by atoms with Crippen LogP contribution in [0, 0.1) is 0 Å². The Hall–Kier alpha value is 0.924. The fourth-order valence-electron chi connectivity index (χ4n) is 2.08. The Morgan fingerprint density at radius 3 is 1.10 bits per heavy atom. The monoisotopic (exact) mass is 384 g/mol. The molecule has 0 aliphatic rings. The van der Waals surface area contributed by atoms with Crippen LogP contribution in [0.15, 0.2) is 0 Å². The Bertz CT molecular complexity index is 291. The average Bonchev–Trinajstić information content (AvgIpc) is 2.08. The Labute approximate surface area is 139 Å². The summed E-state index contributed by atoms with van der Waals surface area (Å²) in [5.74, 6) is 0. The van der Waals surface area contributed by atoms with Crippen molar-refractivity contribution in [2.24, 2.45) is 0 Å². The first kappa shape index (κ1) is 21.9. The predicted octanol–water partition coefficient (Wildman–Crippen LogP) is 3.44. The summed E-state index contributed by atoms with van der Waals surface area (Å²) in [5.41, 5.74) is 0. The molecule has 0 amide bonds. The zero-order valence-corrected chi connectivity index (χ0v) is 21.3. The van der Waals surface area contributed by atoms with Crippen molar-refractivity contribution < 1.29 is 16.5 Å². The summed E-state index contributed by atoms with van der Waals surface area (Å²) in [7, 11) is -8.27. The van der Waals surface area contributed by atoms with E-state index < -0.39 is 44.5 Å². The van der Waals surface area contributed by atoms with Crippen LogP contribution in [0.25, 0.3) is 0 Å². The van der Waals surface area contributed by atoms with Crippen molar-refractivity contribution >= 4 is 44.5 Å². The van der Waals surface area contributed by atoms with Crippen LogP contribution in [0.4, 0.5) is 0 Å². The quantitative estimate of drug-likeness (QED) is 0.601. The third-order valence-electron chi connectivity index (χ3n) is 2.53. The van der Waals surface area contributed by atoms with Gasteiger partial charge in [-0.05, 0) is 52.4 Å². The molecule has 0 saturated carbocycles. The zero-order chi connectivity index (χ0) is 17.1. The highest BCUT2D eigenvalue weighted by Gasteiger charge is 2.42. The summed E-state index contributed by atoms with van der Waals surface area (Å²) in [6.45, 7) is 24.0. The minimum Gasteiger partial charge on any atom is -0.440 e. The zero-order valence-electron chi connectivity index (χ0n) is 15.9. The molecule has 0 saturated heterocycles. The highest BCUT2D eigenvalue weighted by Crippen LogP contribution is 2.32. The van der Waals surface area contributed by atoms with E-state index in [4.69, 9.17) is 16.5 Å². The normalized spacial score (nSPS) is 14.6. The van der Waals surface area contributed by atoms with Crippen LogP contribution in [0.2, 0.25) is 57.4 Å². The first-order chi connectivity index (χ1) is 9.15. The third-order valence-corrected chi connectivity index (χ3v) is 18.5. The van der Waals surface area contributed by atoms with E-state index in [-0.39, 0.29) is 5.04 Å². The maximum absolute atomic E-state index is 6.47. The van der Waals surface area contributed by atoms with Crippen LogP contribution in [0.5, 0.6) is 0 Å². The predicted molar refractivity (Wildman–Crippen MR) is 104 cm³/mol. The second kappa shape index (κ2) is 8.15. The standard InChI is InChI=1S/C12H36O4Si5/c1-12(2,3)19(15-20(8,9)13-17(4)5)16-21(10,11)14-18(6)7/h17-19H,1-11H3. The molecule has 0 rings (SSSR count). The van der Waals surface area contributed by atoms with Gasteiger partial charge in [-0.25, -0.2) is 0 Å². The molecule has 0 fully saturated rings. The Morgan fingerprint density at radius 1 is 0.619 bits per heavy atom. The van der Waals surface area contributed by atoms with Gasteiger partial charge in [-0.1, -0.05) is 20.8 Å². The molecule has 21 heavy (non-hydrogen) atoms. The molecule has 0 atom stereocenters. The van der Waals surface area contributed by atoms with Gasteiger partial charge in [0.05, 0.1) is 0 Å². The Morgan fingerprint density at radius 2 is 0.905 bits per heavy atom. The van der Waals surface area contributed by atoms with Crippen LogP contribution in [-0.4, -0.2) is 44.5 Å². The topological polar surface area (TPSA) is 36.9 Å². The molecule has 0 bridgehead atoms. The first-order valence-electron chi connectivity index (χ1n) is 7.86. The minimum atomic E-state index is -2.10. The lowest BCUT2D eigenvalue weighted by atomic mass is 10.3. The molecular weight excluding hydrogens is 349 g/mol. The Kier molecular flexibility index (Phi) is 8.51. The van der Waals surface area contributed by atoms with Crippen molar-refractivity contribution in [1.82, 2.24) is 0 Å². The molecule has 128 valence electrons. The van der Waals surface area contributed by atoms with Gasteiger partial charge in [0, 0.05) is 5.04 Å². The van der Waals surface area contributed by atoms with Gasteiger partial charge in [0.15, 0.2) is 18.1 Å². The van der Waals surface area contributed by atoms with E-state index in [2.05, 4.69) is 73.1 Å². The van der Waals surface area contributed by atoms with Crippen molar-refractivity contribution in [3.05, 3.63) is 0 Å². The van der Waals surface area contributed by atoms with E-state index in [0.717, 1.165) is 0 Å². The van der Waals surface area contributed by atoms with Crippen LogP contribution in [-0.2, 0) is 16.5 Å². The van der Waals surface area contributed by atoms with E-state index in [1.165, 1.54) is 0 Å². The summed E-state index contributed by atoms with van der Waals surface area (Å²) in [6.07, 6.45) is 0. The smallest absolute Gasteiger partial charge is 0.312 e. The second-order valence-corrected chi connectivity index (χ2v) is 24.0. The van der Waals surface area contributed by atoms with Crippen LogP contribution < -0.4 is 0 Å². The fourth-order valence-corrected chi connectivity index (χ4v) is 20.2. The lowest BCUT2D eigenvalue weighted by molar-refractivity contribution is 0.296. The lowest BCUT2D eigenvalue weighted by Crippen LogP contribution is -2.53. The highest BCUT2D eigenvalue weighted by atomic mass is 28.5. The van der Waals surface area contributed by atoms with Gasteiger partial charge >= 0.3 is 26.4 Å². The molecule has 0 aromatic heterocycles. The van der Waals surface area contributed by atoms with Gasteiger partial charge in [-0.15, -0.1) is 0 Å². The summed E-state index contributed by atoms with van der Waals surface area (Å²) < 4.78 is 25.2. The summed E-state index contributed by atoms with van der Waals surface area (Å²) in [6, 6.07) is 0. The van der Waals surface area contributed by atoms with Crippen LogP contribution >= 0.6 is 0 Å². The van der Waals surface area contributed by atoms with Gasteiger partial charge in [0.1, 0.15) is 0 Å². The van der Waals surface area contributed by atoms with Gasteiger partial charge in [-0.3, -0.25) is 0 Å². The van der Waals surface area contributed by atoms with Crippen molar-refractivity contribution in [2.45, 2.75) is 78.2 Å². The van der Waals surface area contributed by atoms with Crippen molar-refractivity contribution in [3.63, 3.8) is 0 Å². The summed E-state index contributed by atoms with van der Waals surface area (Å²) in [5, 5.41) is 0.0400. The van der Waals surface area contributed by atoms with Crippen LogP contribution in [0.3, 0.4) is 0 Å². The van der Waals surface area contributed by atoms with Gasteiger partial charge in [-0.2, -0.15) is 0 Å². The maximum atomic E-state index is 6.47. The van der Waals surface area contributed by atoms with E-state index in [0.29, 0.717) is 0 Å². The summed E-state index contributed by atoms with van der Waals surface area (Å²) in [4.78, 5) is 0. The molecule has 0 aromatic carbocycles. The van der Waals surface area contributed by atoms with Gasteiger partial charge < -0.3 is 16.5 Å². The number of hydrogen-bond donors (Lipinski definition) is 0. The van der Waals surface area contributed by atoms with E-state index in [9.17, 15) is 0 Å². The minimum absolute atomic E-state index is 0.0400. The number of rotatable bonds is 8. The maximum Gasteiger partial charge on any atom is 0.312 e. The first-order valence-corrected chi connectivity index (χ1v) is 20.6. The van der Waals surface area contributed by atoms with E-state index >= 15 is 0 Å². The number of hydrogen-bond acceptors (Lipinski definition) is 4. The van der Waals surface area contributed by atoms with E-state index in [1.807, 2.05) is 0 Å². The SMILES string of the molecule is C[SiH](C)O[Si](C)(C)O[SiH](O[Si](C)(C)O[SiH](C)C)C(C)(C)C. The summed E-state index contributed by atoms with van der Waals surface area (Å²) >= 11 is 0. The molecule has 0 aliphatic heterocycles. The largest absolute Gasteiger partial charge is 0.440 e. The molecular formula is C12H36O4Si5. The van der Waals surface area contributed by atoms with Crippen molar-refractivity contribution in [2.75, 3.05) is 0 Å². The Balaban J connectivity index is 4.99. The van der Waals surface area contributed by atoms with E-state index in [1.54, 1.807) is 0 Å². The third kappa shape index (κ3) is 10.3. The molecule has 0 aromatic rings. The van der Waals surface area contributed by atoms with Gasteiger partial charge in [0.25, 0.3) is 0 Å². The molecule has 9 heteroatoms. The molecule has 0 aliphatic carbocycles. The molecule has 0 radical (unpaired) electrons. The van der Waals surface area contributed by atoms with Crippen LogP contribution in [0.1, 0.15) is 20.8 Å². The van der Waals surface area contributed by atoms with Crippen molar-refractivity contribution in [3.8, 4) is 0 Å². The van der Waals surface area contributed by atoms with Gasteiger partial charge in [0.2, 0.25) is 0 Å². The molecule has 4 nitrogen and oxygen atoms in total. The second-order valence-electron chi connectivity index (χ2n) is 8.07. The highest BCUT2D eigenvalue weighted by molar-refractivity contribution is 6.82.